The van der Waals surface area contributed by atoms with Crippen molar-refractivity contribution in [3.8, 4) is 5.82 Å². The van der Waals surface area contributed by atoms with Crippen LogP contribution >= 0.6 is 0 Å². The molecule has 0 aliphatic rings. The molecule has 3 rings (SSSR count). The van der Waals surface area contributed by atoms with E-state index in [9.17, 15) is 9.18 Å². The summed E-state index contributed by atoms with van der Waals surface area (Å²) < 4.78 is 15.0. The number of nitrogens with zero attached hydrogens (tertiary/aromatic N) is 4. The topological polar surface area (TPSA) is 51.0 Å². The van der Waals surface area contributed by atoms with Crippen LogP contribution in [-0.2, 0) is 6.54 Å². The van der Waals surface area contributed by atoms with Gasteiger partial charge in [-0.25, -0.2) is 14.4 Å². The first-order chi connectivity index (χ1) is 11.1. The number of imidazole rings is 1. The van der Waals surface area contributed by atoms with Gasteiger partial charge < -0.3 is 4.90 Å². The molecule has 1 aromatic carbocycles. The molecule has 2 aromatic heterocycles. The van der Waals surface area contributed by atoms with Crippen molar-refractivity contribution in [2.45, 2.75) is 6.54 Å². The zero-order chi connectivity index (χ0) is 16.2. The Morgan fingerprint density at radius 3 is 2.87 bits per heavy atom. The monoisotopic (exact) mass is 310 g/mol. The second kappa shape index (κ2) is 6.39. The lowest BCUT2D eigenvalue weighted by molar-refractivity contribution is 0.0785. The second-order valence-corrected chi connectivity index (χ2v) is 5.16. The number of halogens is 1. The first kappa shape index (κ1) is 14.9. The van der Waals surface area contributed by atoms with Crippen LogP contribution in [0, 0.1) is 5.82 Å². The van der Waals surface area contributed by atoms with Crippen molar-refractivity contribution in [3.63, 3.8) is 0 Å². The van der Waals surface area contributed by atoms with Crippen LogP contribution < -0.4 is 0 Å². The summed E-state index contributed by atoms with van der Waals surface area (Å²) in [5.41, 5.74) is 1.26. The molecule has 0 aliphatic heterocycles. The van der Waals surface area contributed by atoms with Crippen molar-refractivity contribution in [3.05, 3.63) is 78.3 Å². The number of rotatable bonds is 4. The number of carbonyl (C=O) groups is 1. The summed E-state index contributed by atoms with van der Waals surface area (Å²) in [6.45, 7) is 0.333. The highest BCUT2D eigenvalue weighted by molar-refractivity contribution is 5.94. The highest BCUT2D eigenvalue weighted by Crippen LogP contribution is 2.12. The molecule has 23 heavy (non-hydrogen) atoms. The zero-order valence-corrected chi connectivity index (χ0v) is 12.6. The van der Waals surface area contributed by atoms with Crippen LogP contribution in [0.2, 0.25) is 0 Å². The summed E-state index contributed by atoms with van der Waals surface area (Å²) >= 11 is 0. The molecular weight excluding hydrogens is 295 g/mol. The van der Waals surface area contributed by atoms with Crippen LogP contribution in [0.25, 0.3) is 5.82 Å². The van der Waals surface area contributed by atoms with Crippen LogP contribution in [-0.4, -0.2) is 32.4 Å². The number of aromatic nitrogens is 3. The van der Waals surface area contributed by atoms with E-state index in [1.54, 1.807) is 65.7 Å². The Balaban J connectivity index is 1.78. The van der Waals surface area contributed by atoms with Gasteiger partial charge in [0, 0.05) is 37.7 Å². The van der Waals surface area contributed by atoms with Gasteiger partial charge in [0.1, 0.15) is 18.0 Å². The maximum atomic E-state index is 13.2. The molecule has 0 saturated carbocycles. The van der Waals surface area contributed by atoms with Gasteiger partial charge in [-0.2, -0.15) is 0 Å². The van der Waals surface area contributed by atoms with E-state index in [0.717, 1.165) is 5.56 Å². The van der Waals surface area contributed by atoms with E-state index < -0.39 is 0 Å². The standard InChI is InChI=1S/C17H15FN4O/c1-21(11-13-3-2-4-15(18)9-13)17(23)14-5-6-20-16(10-14)22-8-7-19-12-22/h2-10,12H,11H2,1H3. The summed E-state index contributed by atoms with van der Waals surface area (Å²) in [4.78, 5) is 22.3. The average molecular weight is 310 g/mol. The Morgan fingerprint density at radius 2 is 2.13 bits per heavy atom. The van der Waals surface area contributed by atoms with Crippen LogP contribution in [0.1, 0.15) is 15.9 Å². The van der Waals surface area contributed by atoms with Gasteiger partial charge in [0.05, 0.1) is 0 Å². The van der Waals surface area contributed by atoms with E-state index >= 15 is 0 Å². The Hall–Kier alpha value is -3.02. The van der Waals surface area contributed by atoms with Gasteiger partial charge >= 0.3 is 0 Å². The lowest BCUT2D eigenvalue weighted by Gasteiger charge is -2.17. The number of hydrogen-bond acceptors (Lipinski definition) is 3. The SMILES string of the molecule is CN(Cc1cccc(F)c1)C(=O)c1ccnc(-n2ccnc2)c1. The third kappa shape index (κ3) is 3.42. The van der Waals surface area contributed by atoms with Gasteiger partial charge in [-0.15, -0.1) is 0 Å². The number of pyridine rings is 1. The predicted molar refractivity (Wildman–Crippen MR) is 83.6 cm³/mol. The molecule has 2 heterocycles. The van der Waals surface area contributed by atoms with Crippen LogP contribution in [0.5, 0.6) is 0 Å². The van der Waals surface area contributed by atoms with E-state index in [4.69, 9.17) is 0 Å². The number of hydrogen-bond donors (Lipinski definition) is 0. The maximum absolute atomic E-state index is 13.2. The van der Waals surface area contributed by atoms with E-state index in [1.165, 1.54) is 12.1 Å². The van der Waals surface area contributed by atoms with Gasteiger partial charge in [0.2, 0.25) is 0 Å². The number of benzene rings is 1. The molecule has 0 N–H and O–H groups in total. The minimum absolute atomic E-state index is 0.155. The largest absolute Gasteiger partial charge is 0.337 e. The molecule has 6 heteroatoms. The lowest BCUT2D eigenvalue weighted by Crippen LogP contribution is -2.26. The Kier molecular flexibility index (Phi) is 4.14. The van der Waals surface area contributed by atoms with E-state index in [1.807, 2.05) is 0 Å². The summed E-state index contributed by atoms with van der Waals surface area (Å²) in [5.74, 6) is 0.153. The minimum atomic E-state index is -0.311. The first-order valence-corrected chi connectivity index (χ1v) is 7.08. The summed E-state index contributed by atoms with van der Waals surface area (Å²) in [7, 11) is 1.69. The highest BCUT2D eigenvalue weighted by atomic mass is 19.1. The molecule has 116 valence electrons. The quantitative estimate of drug-likeness (QED) is 0.744. The fourth-order valence-corrected chi connectivity index (χ4v) is 2.29. The molecule has 0 unspecified atom stereocenters. The Bertz CT molecular complexity index is 817. The van der Waals surface area contributed by atoms with Crippen molar-refractivity contribution < 1.29 is 9.18 Å². The summed E-state index contributed by atoms with van der Waals surface area (Å²) in [6.07, 6.45) is 6.60. The van der Waals surface area contributed by atoms with Gasteiger partial charge in [-0.05, 0) is 29.8 Å². The highest BCUT2D eigenvalue weighted by Gasteiger charge is 2.13. The van der Waals surface area contributed by atoms with Crippen molar-refractivity contribution >= 4 is 5.91 Å². The molecule has 5 nitrogen and oxygen atoms in total. The molecule has 0 atom stereocenters. The van der Waals surface area contributed by atoms with Crippen molar-refractivity contribution in [1.29, 1.82) is 0 Å². The van der Waals surface area contributed by atoms with Gasteiger partial charge in [-0.3, -0.25) is 9.36 Å². The summed E-state index contributed by atoms with van der Waals surface area (Å²) in [5, 5.41) is 0. The zero-order valence-electron chi connectivity index (χ0n) is 12.6. The fraction of sp³-hybridized carbons (Fsp3) is 0.118. The maximum Gasteiger partial charge on any atom is 0.254 e. The van der Waals surface area contributed by atoms with Gasteiger partial charge in [-0.1, -0.05) is 12.1 Å². The molecule has 0 radical (unpaired) electrons. The molecule has 0 fully saturated rings. The molecular formula is C17H15FN4O. The first-order valence-electron chi connectivity index (χ1n) is 7.08. The van der Waals surface area contributed by atoms with Crippen molar-refractivity contribution in [1.82, 2.24) is 19.4 Å². The summed E-state index contributed by atoms with van der Waals surface area (Å²) in [6, 6.07) is 9.58. The normalized spacial score (nSPS) is 10.5. The van der Waals surface area contributed by atoms with E-state index in [2.05, 4.69) is 9.97 Å². The number of carbonyl (C=O) groups excluding carboxylic acids is 1. The molecule has 3 aromatic rings. The third-order valence-corrected chi connectivity index (χ3v) is 3.42. The van der Waals surface area contributed by atoms with E-state index in [0.29, 0.717) is 17.9 Å². The third-order valence-electron chi connectivity index (χ3n) is 3.42. The predicted octanol–water partition coefficient (Wildman–Crippen LogP) is 2.68. The molecule has 0 spiro atoms. The number of amides is 1. The Labute approximate surface area is 133 Å². The van der Waals surface area contributed by atoms with Crippen molar-refractivity contribution in [2.24, 2.45) is 0 Å². The molecule has 1 amide bonds. The van der Waals surface area contributed by atoms with Gasteiger partial charge in [0.15, 0.2) is 0 Å². The molecule has 0 aliphatic carbocycles. The van der Waals surface area contributed by atoms with Crippen LogP contribution in [0.15, 0.2) is 61.3 Å². The van der Waals surface area contributed by atoms with Gasteiger partial charge in [0.25, 0.3) is 5.91 Å². The van der Waals surface area contributed by atoms with Crippen molar-refractivity contribution in [2.75, 3.05) is 7.05 Å². The minimum Gasteiger partial charge on any atom is -0.337 e. The molecule has 0 bridgehead atoms. The average Bonchev–Trinajstić information content (AvgIpc) is 3.09. The molecule has 0 saturated heterocycles. The Morgan fingerprint density at radius 1 is 1.26 bits per heavy atom. The van der Waals surface area contributed by atoms with Crippen LogP contribution in [0.3, 0.4) is 0 Å². The van der Waals surface area contributed by atoms with E-state index in [-0.39, 0.29) is 11.7 Å². The smallest absolute Gasteiger partial charge is 0.254 e. The second-order valence-electron chi connectivity index (χ2n) is 5.16. The fourth-order valence-electron chi connectivity index (χ4n) is 2.29. The van der Waals surface area contributed by atoms with Crippen LogP contribution in [0.4, 0.5) is 4.39 Å². The lowest BCUT2D eigenvalue weighted by atomic mass is 10.2.